The van der Waals surface area contributed by atoms with Gasteiger partial charge >= 0.3 is 0 Å². The predicted molar refractivity (Wildman–Crippen MR) is 58.9 cm³/mol. The van der Waals surface area contributed by atoms with Gasteiger partial charge in [-0.3, -0.25) is 4.79 Å². The van der Waals surface area contributed by atoms with E-state index in [0.29, 0.717) is 0 Å². The molecule has 1 unspecified atom stereocenters. The van der Waals surface area contributed by atoms with Crippen molar-refractivity contribution in [1.29, 1.82) is 0 Å². The molecule has 1 aromatic rings. The molecule has 1 atom stereocenters. The van der Waals surface area contributed by atoms with Gasteiger partial charge in [0.1, 0.15) is 5.69 Å². The summed E-state index contributed by atoms with van der Waals surface area (Å²) in [7, 11) is 2.94. The molecule has 1 heterocycles. The number of ether oxygens (including phenoxy) is 2. The molecule has 0 radical (unpaired) electrons. The number of nitrogens with zero attached hydrogens (tertiary/aromatic N) is 1. The largest absolute Gasteiger partial charge is 0.354 e. The molecule has 0 aromatic carbocycles. The number of rotatable bonds is 5. The lowest BCUT2D eigenvalue weighted by atomic mass is 10.3. The van der Waals surface area contributed by atoms with Crippen molar-refractivity contribution in [2.45, 2.75) is 19.3 Å². The van der Waals surface area contributed by atoms with Gasteiger partial charge in [0.2, 0.25) is 5.95 Å². The Labute approximate surface area is 98.9 Å². The highest BCUT2D eigenvalue weighted by Gasteiger charge is 2.19. The Balaban J connectivity index is 2.66. The lowest BCUT2D eigenvalue weighted by Crippen LogP contribution is -2.43. The molecule has 0 aliphatic heterocycles. The van der Waals surface area contributed by atoms with Crippen LogP contribution in [0.25, 0.3) is 0 Å². The summed E-state index contributed by atoms with van der Waals surface area (Å²) < 4.78 is 22.8. The van der Waals surface area contributed by atoms with E-state index in [1.165, 1.54) is 32.4 Å². The van der Waals surface area contributed by atoms with Crippen molar-refractivity contribution in [3.05, 3.63) is 29.8 Å². The topological polar surface area (TPSA) is 60.5 Å². The summed E-state index contributed by atoms with van der Waals surface area (Å²) in [6, 6.07) is 3.65. The summed E-state index contributed by atoms with van der Waals surface area (Å²) in [5.74, 6) is -1.17. The second-order valence-corrected chi connectivity index (χ2v) is 3.45. The van der Waals surface area contributed by atoms with Crippen LogP contribution in [0.5, 0.6) is 0 Å². The van der Waals surface area contributed by atoms with Gasteiger partial charge in [-0.25, -0.2) is 4.98 Å². The third-order valence-corrected chi connectivity index (χ3v) is 2.18. The van der Waals surface area contributed by atoms with E-state index in [1.807, 2.05) is 0 Å². The van der Waals surface area contributed by atoms with Gasteiger partial charge in [-0.1, -0.05) is 6.07 Å². The third-order valence-electron chi connectivity index (χ3n) is 2.18. The van der Waals surface area contributed by atoms with Crippen LogP contribution < -0.4 is 5.32 Å². The molecular formula is C11H15FN2O3. The smallest absolute Gasteiger partial charge is 0.270 e. The van der Waals surface area contributed by atoms with Crippen LogP contribution in [0, 0.1) is 5.95 Å². The number of aromatic nitrogens is 1. The number of methoxy groups -OCH3 is 2. The van der Waals surface area contributed by atoms with Gasteiger partial charge in [-0.05, 0) is 19.1 Å². The quantitative estimate of drug-likeness (QED) is 0.617. The zero-order valence-electron chi connectivity index (χ0n) is 9.94. The van der Waals surface area contributed by atoms with Crippen LogP contribution in [0.3, 0.4) is 0 Å². The van der Waals surface area contributed by atoms with Crippen LogP contribution in [0.2, 0.25) is 0 Å². The van der Waals surface area contributed by atoms with Gasteiger partial charge in [-0.15, -0.1) is 0 Å². The molecule has 0 aliphatic carbocycles. The lowest BCUT2D eigenvalue weighted by Gasteiger charge is -2.21. The normalized spacial score (nSPS) is 12.5. The Bertz CT molecular complexity index is 383. The molecule has 6 heteroatoms. The first-order chi connectivity index (χ1) is 8.08. The summed E-state index contributed by atoms with van der Waals surface area (Å²) >= 11 is 0. The van der Waals surface area contributed by atoms with Crippen LogP contribution in [0.15, 0.2) is 18.2 Å². The van der Waals surface area contributed by atoms with E-state index in [2.05, 4.69) is 10.3 Å². The van der Waals surface area contributed by atoms with E-state index < -0.39 is 18.1 Å². The summed E-state index contributed by atoms with van der Waals surface area (Å²) in [6.45, 7) is 1.72. The van der Waals surface area contributed by atoms with Gasteiger partial charge in [0.05, 0.1) is 6.04 Å². The minimum atomic E-state index is -0.694. The highest BCUT2D eigenvalue weighted by molar-refractivity contribution is 5.92. The first kappa shape index (κ1) is 13.5. The molecule has 0 spiro atoms. The summed E-state index contributed by atoms with van der Waals surface area (Å²) in [5, 5.41) is 2.61. The molecule has 5 nitrogen and oxygen atoms in total. The Kier molecular flexibility index (Phi) is 4.99. The number of amides is 1. The summed E-state index contributed by atoms with van der Waals surface area (Å²) in [6.07, 6.45) is -0.562. The van der Waals surface area contributed by atoms with E-state index in [9.17, 15) is 9.18 Å². The van der Waals surface area contributed by atoms with Gasteiger partial charge in [0.25, 0.3) is 5.91 Å². The van der Waals surface area contributed by atoms with Crippen LogP contribution in [-0.2, 0) is 9.47 Å². The van der Waals surface area contributed by atoms with E-state index in [-0.39, 0.29) is 11.7 Å². The zero-order chi connectivity index (χ0) is 12.8. The number of hydrogen-bond acceptors (Lipinski definition) is 4. The summed E-state index contributed by atoms with van der Waals surface area (Å²) in [5.41, 5.74) is 0.0165. The third kappa shape index (κ3) is 3.76. The van der Waals surface area contributed by atoms with Crippen molar-refractivity contribution in [3.8, 4) is 0 Å². The molecule has 94 valence electrons. The van der Waals surface area contributed by atoms with E-state index >= 15 is 0 Å². The first-order valence-electron chi connectivity index (χ1n) is 5.07. The van der Waals surface area contributed by atoms with Gasteiger partial charge in [0, 0.05) is 14.2 Å². The predicted octanol–water partition coefficient (Wildman–Crippen LogP) is 0.958. The van der Waals surface area contributed by atoms with Crippen molar-refractivity contribution >= 4 is 5.91 Å². The van der Waals surface area contributed by atoms with Gasteiger partial charge < -0.3 is 14.8 Å². The van der Waals surface area contributed by atoms with Gasteiger partial charge in [0.15, 0.2) is 6.29 Å². The number of carbonyl (C=O) groups excluding carboxylic acids is 1. The maximum atomic E-state index is 12.8. The maximum absolute atomic E-state index is 12.8. The van der Waals surface area contributed by atoms with Crippen LogP contribution in [0.4, 0.5) is 4.39 Å². The molecule has 1 rings (SSSR count). The molecule has 0 bridgehead atoms. The molecule has 0 saturated carbocycles. The molecule has 0 aliphatic rings. The number of carbonyl (C=O) groups is 1. The lowest BCUT2D eigenvalue weighted by molar-refractivity contribution is -0.117. The average Bonchev–Trinajstić information content (AvgIpc) is 2.30. The van der Waals surface area contributed by atoms with E-state index in [1.54, 1.807) is 6.92 Å². The standard InChI is InChI=1S/C11H15FN2O3/c1-7(11(16-2)17-3)13-10(15)8-5-4-6-9(12)14-8/h4-7,11H,1-3H3,(H,13,15). The number of halogens is 1. The molecule has 1 N–H and O–H groups in total. The second kappa shape index (κ2) is 6.27. The summed E-state index contributed by atoms with van der Waals surface area (Å²) in [4.78, 5) is 15.2. The fraction of sp³-hybridized carbons (Fsp3) is 0.455. The van der Waals surface area contributed by atoms with E-state index in [4.69, 9.17) is 9.47 Å². The Hall–Kier alpha value is -1.53. The van der Waals surface area contributed by atoms with Crippen molar-refractivity contribution in [3.63, 3.8) is 0 Å². The average molecular weight is 242 g/mol. The molecular weight excluding hydrogens is 227 g/mol. The Morgan fingerprint density at radius 2 is 2.06 bits per heavy atom. The van der Waals surface area contributed by atoms with Crippen molar-refractivity contribution in [2.75, 3.05) is 14.2 Å². The highest BCUT2D eigenvalue weighted by atomic mass is 19.1. The van der Waals surface area contributed by atoms with Crippen molar-refractivity contribution < 1.29 is 18.7 Å². The van der Waals surface area contributed by atoms with Crippen molar-refractivity contribution in [2.24, 2.45) is 0 Å². The minimum absolute atomic E-state index is 0.0165. The number of nitrogens with one attached hydrogen (secondary N) is 1. The van der Waals surface area contributed by atoms with E-state index in [0.717, 1.165) is 0 Å². The zero-order valence-corrected chi connectivity index (χ0v) is 9.94. The minimum Gasteiger partial charge on any atom is -0.354 e. The molecule has 0 fully saturated rings. The number of hydrogen-bond donors (Lipinski definition) is 1. The first-order valence-corrected chi connectivity index (χ1v) is 5.07. The molecule has 1 amide bonds. The van der Waals surface area contributed by atoms with Crippen LogP contribution in [0.1, 0.15) is 17.4 Å². The monoisotopic (exact) mass is 242 g/mol. The fourth-order valence-corrected chi connectivity index (χ4v) is 1.39. The second-order valence-electron chi connectivity index (χ2n) is 3.45. The Morgan fingerprint density at radius 1 is 1.41 bits per heavy atom. The van der Waals surface area contributed by atoms with Crippen molar-refractivity contribution in [1.82, 2.24) is 10.3 Å². The van der Waals surface area contributed by atoms with Gasteiger partial charge in [-0.2, -0.15) is 4.39 Å². The maximum Gasteiger partial charge on any atom is 0.270 e. The molecule has 0 saturated heterocycles. The number of pyridine rings is 1. The molecule has 17 heavy (non-hydrogen) atoms. The fourth-order valence-electron chi connectivity index (χ4n) is 1.39. The van der Waals surface area contributed by atoms with Crippen LogP contribution in [-0.4, -0.2) is 37.4 Å². The SMILES string of the molecule is COC(OC)C(C)NC(=O)c1cccc(F)n1. The highest BCUT2D eigenvalue weighted by Crippen LogP contribution is 2.02. The molecule has 1 aromatic heterocycles. The Morgan fingerprint density at radius 3 is 2.59 bits per heavy atom. The van der Waals surface area contributed by atoms with Crippen LogP contribution >= 0.6 is 0 Å².